The molecule has 3 rings (SSSR count). The molecule has 0 aliphatic carbocycles. The van der Waals surface area contributed by atoms with Gasteiger partial charge in [-0.25, -0.2) is 0 Å². The van der Waals surface area contributed by atoms with E-state index in [1.165, 1.54) is 0 Å². The van der Waals surface area contributed by atoms with E-state index in [1.54, 1.807) is 6.07 Å². The van der Waals surface area contributed by atoms with Gasteiger partial charge >= 0.3 is 0 Å². The van der Waals surface area contributed by atoms with Gasteiger partial charge in [0.1, 0.15) is 24.7 Å². The molecule has 4 nitrogen and oxygen atoms in total. The fourth-order valence-electron chi connectivity index (χ4n) is 2.60. The smallest absolute Gasteiger partial charge is 0.217 e. The van der Waals surface area contributed by atoms with Crippen molar-refractivity contribution in [2.24, 2.45) is 0 Å². The first-order valence-electron chi connectivity index (χ1n) is 8.95. The normalized spacial score (nSPS) is 10.3. The van der Waals surface area contributed by atoms with E-state index in [9.17, 15) is 0 Å². The van der Waals surface area contributed by atoms with Crippen LogP contribution in [0.5, 0.6) is 11.5 Å². The van der Waals surface area contributed by atoms with Crippen molar-refractivity contribution in [3.05, 3.63) is 95.6 Å². The van der Waals surface area contributed by atoms with Crippen molar-refractivity contribution in [2.45, 2.75) is 20.1 Å². The first-order valence-corrected chi connectivity index (χ1v) is 8.95. The van der Waals surface area contributed by atoms with Crippen LogP contribution in [0.25, 0.3) is 0 Å². The maximum atomic E-state index is 8.12. The zero-order valence-corrected chi connectivity index (χ0v) is 15.4. The van der Waals surface area contributed by atoms with Crippen LogP contribution in [0, 0.1) is 5.41 Å². The van der Waals surface area contributed by atoms with E-state index < -0.39 is 0 Å². The average Bonchev–Trinajstić information content (AvgIpc) is 2.72. The van der Waals surface area contributed by atoms with E-state index in [-0.39, 0.29) is 5.90 Å². The van der Waals surface area contributed by atoms with E-state index in [2.05, 4.69) is 0 Å². The van der Waals surface area contributed by atoms with Gasteiger partial charge in [0.05, 0.1) is 12.2 Å². The highest BCUT2D eigenvalue weighted by Gasteiger charge is 2.12. The second kappa shape index (κ2) is 9.43. The molecule has 3 aromatic carbocycles. The van der Waals surface area contributed by atoms with Gasteiger partial charge in [0, 0.05) is 6.07 Å². The zero-order valence-electron chi connectivity index (χ0n) is 15.4. The third kappa shape index (κ3) is 5.35. The molecular weight excluding hydrogens is 338 g/mol. The van der Waals surface area contributed by atoms with Crippen LogP contribution < -0.4 is 9.47 Å². The number of rotatable bonds is 8. The molecule has 138 valence electrons. The van der Waals surface area contributed by atoms with E-state index in [0.29, 0.717) is 36.9 Å². The molecule has 0 radical (unpaired) electrons. The number of nitrogens with one attached hydrogen (secondary N) is 1. The highest BCUT2D eigenvalue weighted by Crippen LogP contribution is 2.27. The second-order valence-electron chi connectivity index (χ2n) is 5.97. The molecule has 0 aliphatic heterocycles. The third-order valence-electron chi connectivity index (χ3n) is 3.97. The third-order valence-corrected chi connectivity index (χ3v) is 3.97. The van der Waals surface area contributed by atoms with E-state index in [4.69, 9.17) is 19.6 Å². The van der Waals surface area contributed by atoms with Gasteiger partial charge in [-0.1, -0.05) is 60.7 Å². The summed E-state index contributed by atoms with van der Waals surface area (Å²) in [6, 6.07) is 25.4. The number of hydrogen-bond donors (Lipinski definition) is 1. The zero-order chi connectivity index (χ0) is 18.9. The standard InChI is InChI=1S/C23H23NO3/c1-2-25-23(24)21-14-13-20(26-16-18-9-5-3-6-10-18)15-22(21)27-17-19-11-7-4-8-12-19/h3-15,24H,2,16-17H2,1H3. The first kappa shape index (κ1) is 18.5. The molecule has 0 amide bonds. The molecule has 0 aliphatic rings. The minimum atomic E-state index is 0.0928. The van der Waals surface area contributed by atoms with Gasteiger partial charge in [-0.2, -0.15) is 0 Å². The Balaban J connectivity index is 1.76. The second-order valence-corrected chi connectivity index (χ2v) is 5.97. The molecule has 27 heavy (non-hydrogen) atoms. The average molecular weight is 361 g/mol. The number of ether oxygens (including phenoxy) is 3. The van der Waals surface area contributed by atoms with E-state index in [0.717, 1.165) is 11.1 Å². The van der Waals surface area contributed by atoms with E-state index in [1.807, 2.05) is 79.7 Å². The Bertz CT molecular complexity index is 863. The fraction of sp³-hybridized carbons (Fsp3) is 0.174. The summed E-state index contributed by atoms with van der Waals surface area (Å²) in [5.41, 5.74) is 2.76. The van der Waals surface area contributed by atoms with Crippen LogP contribution in [0.1, 0.15) is 23.6 Å². The predicted octanol–water partition coefficient (Wildman–Crippen LogP) is 5.21. The Labute approximate surface area is 159 Å². The summed E-state index contributed by atoms with van der Waals surface area (Å²) >= 11 is 0. The van der Waals surface area contributed by atoms with Crippen molar-refractivity contribution in [3.63, 3.8) is 0 Å². The quantitative estimate of drug-likeness (QED) is 0.443. The highest BCUT2D eigenvalue weighted by molar-refractivity contribution is 5.94. The molecule has 0 saturated carbocycles. The van der Waals surface area contributed by atoms with Gasteiger partial charge in [-0.3, -0.25) is 5.41 Å². The first-order chi connectivity index (χ1) is 13.3. The van der Waals surface area contributed by atoms with Crippen LogP contribution in [0.4, 0.5) is 0 Å². The highest BCUT2D eigenvalue weighted by atomic mass is 16.5. The number of hydrogen-bond acceptors (Lipinski definition) is 4. The topological polar surface area (TPSA) is 51.5 Å². The van der Waals surface area contributed by atoms with Crippen molar-refractivity contribution in [1.29, 1.82) is 5.41 Å². The van der Waals surface area contributed by atoms with Crippen molar-refractivity contribution < 1.29 is 14.2 Å². The lowest BCUT2D eigenvalue weighted by Gasteiger charge is -2.15. The van der Waals surface area contributed by atoms with Gasteiger partial charge < -0.3 is 14.2 Å². The van der Waals surface area contributed by atoms with Crippen LogP contribution in [-0.4, -0.2) is 12.5 Å². The summed E-state index contributed by atoms with van der Waals surface area (Å²) in [5.74, 6) is 1.35. The summed E-state index contributed by atoms with van der Waals surface area (Å²) in [6.45, 7) is 3.18. The van der Waals surface area contributed by atoms with Crippen molar-refractivity contribution in [2.75, 3.05) is 6.61 Å². The Hall–Kier alpha value is -3.27. The minimum Gasteiger partial charge on any atom is -0.489 e. The minimum absolute atomic E-state index is 0.0928. The Morgan fingerprint density at radius 3 is 1.96 bits per heavy atom. The largest absolute Gasteiger partial charge is 0.489 e. The molecule has 0 unspecified atom stereocenters. The molecule has 3 aromatic rings. The van der Waals surface area contributed by atoms with Crippen LogP contribution in [0.3, 0.4) is 0 Å². The SMILES string of the molecule is CCOC(=N)c1ccc(OCc2ccccc2)cc1OCc1ccccc1. The number of benzene rings is 3. The fourth-order valence-corrected chi connectivity index (χ4v) is 2.60. The molecule has 0 saturated heterocycles. The van der Waals surface area contributed by atoms with Gasteiger partial charge in [-0.15, -0.1) is 0 Å². The van der Waals surface area contributed by atoms with Crippen LogP contribution >= 0.6 is 0 Å². The Kier molecular flexibility index (Phi) is 6.47. The maximum Gasteiger partial charge on any atom is 0.217 e. The van der Waals surface area contributed by atoms with Crippen molar-refractivity contribution in [3.8, 4) is 11.5 Å². The Morgan fingerprint density at radius 2 is 1.37 bits per heavy atom. The lowest BCUT2D eigenvalue weighted by Crippen LogP contribution is -2.08. The van der Waals surface area contributed by atoms with Crippen LogP contribution in [0.15, 0.2) is 78.9 Å². The molecule has 0 spiro atoms. The molecule has 0 bridgehead atoms. The molecule has 0 heterocycles. The summed E-state index contributed by atoms with van der Waals surface area (Å²) < 4.78 is 17.2. The monoisotopic (exact) mass is 361 g/mol. The molecule has 0 aromatic heterocycles. The lowest BCUT2D eigenvalue weighted by atomic mass is 10.1. The van der Waals surface area contributed by atoms with Crippen molar-refractivity contribution >= 4 is 5.90 Å². The molecular formula is C23H23NO3. The molecule has 0 atom stereocenters. The predicted molar refractivity (Wildman–Crippen MR) is 106 cm³/mol. The van der Waals surface area contributed by atoms with Gasteiger partial charge in [0.15, 0.2) is 0 Å². The van der Waals surface area contributed by atoms with Gasteiger partial charge in [0.25, 0.3) is 0 Å². The van der Waals surface area contributed by atoms with E-state index >= 15 is 0 Å². The summed E-state index contributed by atoms with van der Waals surface area (Å²) in [4.78, 5) is 0. The summed E-state index contributed by atoms with van der Waals surface area (Å²) in [6.07, 6.45) is 0. The molecule has 0 fully saturated rings. The van der Waals surface area contributed by atoms with Crippen LogP contribution in [0.2, 0.25) is 0 Å². The maximum absolute atomic E-state index is 8.12. The Morgan fingerprint density at radius 1 is 0.778 bits per heavy atom. The molecule has 1 N–H and O–H groups in total. The van der Waals surface area contributed by atoms with Crippen LogP contribution in [-0.2, 0) is 18.0 Å². The van der Waals surface area contributed by atoms with Gasteiger partial charge in [-0.05, 0) is 30.2 Å². The lowest BCUT2D eigenvalue weighted by molar-refractivity contribution is 0.286. The summed E-state index contributed by atoms with van der Waals surface area (Å²) in [5, 5.41) is 8.12. The van der Waals surface area contributed by atoms with Gasteiger partial charge in [0.2, 0.25) is 5.90 Å². The molecule has 4 heteroatoms. The van der Waals surface area contributed by atoms with Crippen molar-refractivity contribution in [1.82, 2.24) is 0 Å². The summed E-state index contributed by atoms with van der Waals surface area (Å²) in [7, 11) is 0.